The zero-order valence-corrected chi connectivity index (χ0v) is 12.1. The van der Waals surface area contributed by atoms with Crippen molar-refractivity contribution in [1.29, 1.82) is 0 Å². The molecule has 20 heavy (non-hydrogen) atoms. The van der Waals surface area contributed by atoms with Crippen molar-refractivity contribution in [3.05, 3.63) is 72.6 Å². The molecule has 1 nitrogen and oxygen atoms in total. The Morgan fingerprint density at radius 2 is 1.95 bits per heavy atom. The van der Waals surface area contributed by atoms with Gasteiger partial charge < -0.3 is 0 Å². The van der Waals surface area contributed by atoms with Gasteiger partial charge in [0, 0.05) is 25.6 Å². The van der Waals surface area contributed by atoms with Crippen molar-refractivity contribution in [3.8, 4) is 0 Å². The Labute approximate surface area is 121 Å². The van der Waals surface area contributed by atoms with Crippen LogP contribution in [0, 0.1) is 5.92 Å². The van der Waals surface area contributed by atoms with E-state index in [-0.39, 0.29) is 0 Å². The van der Waals surface area contributed by atoms with Crippen molar-refractivity contribution in [3.63, 3.8) is 0 Å². The summed E-state index contributed by atoms with van der Waals surface area (Å²) in [5.74, 6) is 0.776. The summed E-state index contributed by atoms with van der Waals surface area (Å²) in [5, 5.41) is 0. The van der Waals surface area contributed by atoms with E-state index >= 15 is 0 Å². The summed E-state index contributed by atoms with van der Waals surface area (Å²) in [7, 11) is 0. The number of halogens is 1. The van der Waals surface area contributed by atoms with Crippen molar-refractivity contribution in [2.75, 3.05) is 19.6 Å². The molecule has 2 atom stereocenters. The Balaban J connectivity index is 1.94. The number of allylic oxidation sites excluding steroid dienone is 2. The number of nitrogens with zero attached hydrogens (tertiary/aromatic N) is 1. The SMILES string of the molecule is C=C(F)/C=C\C(=C)CN1C[C@H](c2ccccc2)[C@@H](C)C1. The summed E-state index contributed by atoms with van der Waals surface area (Å²) >= 11 is 0. The summed E-state index contributed by atoms with van der Waals surface area (Å²) in [4.78, 5) is 2.38. The van der Waals surface area contributed by atoms with Gasteiger partial charge in [-0.05, 0) is 23.1 Å². The van der Waals surface area contributed by atoms with Crippen LogP contribution in [0.5, 0.6) is 0 Å². The van der Waals surface area contributed by atoms with Gasteiger partial charge in [-0.15, -0.1) is 0 Å². The fourth-order valence-electron chi connectivity index (χ4n) is 2.88. The van der Waals surface area contributed by atoms with Crippen molar-refractivity contribution < 1.29 is 4.39 Å². The molecule has 0 amide bonds. The molecule has 1 heterocycles. The van der Waals surface area contributed by atoms with Gasteiger partial charge in [0.05, 0.1) is 0 Å². The van der Waals surface area contributed by atoms with E-state index in [1.165, 1.54) is 11.6 Å². The molecule has 1 aliphatic rings. The minimum absolute atomic E-state index is 0.428. The maximum Gasteiger partial charge on any atom is 0.116 e. The second-order valence-corrected chi connectivity index (χ2v) is 5.63. The first kappa shape index (κ1) is 14.7. The normalized spacial score (nSPS) is 23.3. The van der Waals surface area contributed by atoms with Crippen molar-refractivity contribution in [1.82, 2.24) is 4.90 Å². The van der Waals surface area contributed by atoms with E-state index in [0.29, 0.717) is 11.8 Å². The topological polar surface area (TPSA) is 3.24 Å². The molecule has 0 unspecified atom stereocenters. The zero-order chi connectivity index (χ0) is 14.5. The van der Waals surface area contributed by atoms with Crippen LogP contribution in [0.1, 0.15) is 18.4 Å². The van der Waals surface area contributed by atoms with Crippen LogP contribution in [0.3, 0.4) is 0 Å². The van der Waals surface area contributed by atoms with Gasteiger partial charge in [0.1, 0.15) is 5.83 Å². The summed E-state index contributed by atoms with van der Waals surface area (Å²) in [6.07, 6.45) is 3.08. The molecule has 1 fully saturated rings. The molecule has 0 aliphatic carbocycles. The predicted octanol–water partition coefficient (Wildman–Crippen LogP) is 4.32. The lowest BCUT2D eigenvalue weighted by Crippen LogP contribution is -2.22. The minimum atomic E-state index is -0.428. The van der Waals surface area contributed by atoms with Crippen LogP contribution in [0.2, 0.25) is 0 Å². The molecule has 0 N–H and O–H groups in total. The molecule has 1 saturated heterocycles. The molecule has 0 bridgehead atoms. The lowest BCUT2D eigenvalue weighted by Gasteiger charge is -2.16. The quantitative estimate of drug-likeness (QED) is 0.721. The molecule has 0 aromatic heterocycles. The summed E-state index contributed by atoms with van der Waals surface area (Å²) in [5.41, 5.74) is 2.32. The minimum Gasteiger partial charge on any atom is -0.298 e. The third-order valence-electron chi connectivity index (χ3n) is 3.84. The molecule has 0 spiro atoms. The van der Waals surface area contributed by atoms with E-state index in [0.717, 1.165) is 25.2 Å². The van der Waals surface area contributed by atoms with Gasteiger partial charge in [0.2, 0.25) is 0 Å². The van der Waals surface area contributed by atoms with Crippen molar-refractivity contribution >= 4 is 0 Å². The molecule has 1 aliphatic heterocycles. The smallest absolute Gasteiger partial charge is 0.116 e. The first-order valence-electron chi connectivity index (χ1n) is 7.04. The molecule has 106 valence electrons. The highest BCUT2D eigenvalue weighted by Gasteiger charge is 2.30. The number of likely N-dealkylation sites (tertiary alicyclic amines) is 1. The standard InChI is InChI=1S/C18H22FN/c1-14(9-10-16(3)19)11-20-12-15(2)18(13-20)17-7-5-4-6-8-17/h4-10,15,18H,1,3,11-13H2,2H3/b10-9-/t15-,18-/m0/s1. The number of benzene rings is 1. The molecule has 0 saturated carbocycles. The van der Waals surface area contributed by atoms with Crippen LogP contribution in [-0.4, -0.2) is 24.5 Å². The Bertz CT molecular complexity index is 503. The van der Waals surface area contributed by atoms with Crippen LogP contribution in [-0.2, 0) is 0 Å². The van der Waals surface area contributed by atoms with Crippen molar-refractivity contribution in [2.45, 2.75) is 12.8 Å². The Morgan fingerprint density at radius 3 is 2.60 bits per heavy atom. The van der Waals surface area contributed by atoms with Crippen molar-refractivity contribution in [2.24, 2.45) is 5.92 Å². The van der Waals surface area contributed by atoms with E-state index in [2.05, 4.69) is 55.3 Å². The second kappa shape index (κ2) is 6.67. The van der Waals surface area contributed by atoms with E-state index in [9.17, 15) is 4.39 Å². The molecule has 2 rings (SSSR count). The van der Waals surface area contributed by atoms with Gasteiger partial charge >= 0.3 is 0 Å². The summed E-state index contributed by atoms with van der Waals surface area (Å²) in [6, 6.07) is 10.6. The van der Waals surface area contributed by atoms with Crippen LogP contribution in [0.25, 0.3) is 0 Å². The molecular formula is C18H22FN. The molecular weight excluding hydrogens is 249 g/mol. The average molecular weight is 271 g/mol. The third kappa shape index (κ3) is 3.91. The van der Waals surface area contributed by atoms with Gasteiger partial charge in [0.15, 0.2) is 0 Å². The molecule has 0 radical (unpaired) electrons. The molecule has 1 aromatic carbocycles. The maximum absolute atomic E-state index is 12.6. The second-order valence-electron chi connectivity index (χ2n) is 5.63. The van der Waals surface area contributed by atoms with E-state index < -0.39 is 5.83 Å². The van der Waals surface area contributed by atoms with Gasteiger partial charge in [-0.3, -0.25) is 4.90 Å². The zero-order valence-electron chi connectivity index (χ0n) is 12.1. The lowest BCUT2D eigenvalue weighted by molar-refractivity contribution is 0.357. The highest BCUT2D eigenvalue weighted by atomic mass is 19.1. The maximum atomic E-state index is 12.6. The van der Waals surface area contributed by atoms with Gasteiger partial charge in [-0.2, -0.15) is 0 Å². The van der Waals surface area contributed by atoms with Crippen LogP contribution >= 0.6 is 0 Å². The fraction of sp³-hybridized carbons (Fsp3) is 0.333. The van der Waals surface area contributed by atoms with Gasteiger partial charge in [-0.1, -0.05) is 56.5 Å². The van der Waals surface area contributed by atoms with E-state index in [1.54, 1.807) is 6.08 Å². The Hall–Kier alpha value is -1.67. The van der Waals surface area contributed by atoms with E-state index in [1.807, 2.05) is 0 Å². The first-order chi connectivity index (χ1) is 9.56. The fourth-order valence-corrected chi connectivity index (χ4v) is 2.88. The predicted molar refractivity (Wildman–Crippen MR) is 83.3 cm³/mol. The highest BCUT2D eigenvalue weighted by molar-refractivity contribution is 5.25. The number of rotatable bonds is 5. The third-order valence-corrected chi connectivity index (χ3v) is 3.84. The summed E-state index contributed by atoms with van der Waals surface area (Å²) < 4.78 is 12.6. The number of hydrogen-bond acceptors (Lipinski definition) is 1. The number of hydrogen-bond donors (Lipinski definition) is 0. The average Bonchev–Trinajstić information content (AvgIpc) is 2.78. The monoisotopic (exact) mass is 271 g/mol. The molecule has 2 heteroatoms. The van der Waals surface area contributed by atoms with Gasteiger partial charge in [0.25, 0.3) is 0 Å². The largest absolute Gasteiger partial charge is 0.298 e. The van der Waals surface area contributed by atoms with Gasteiger partial charge in [-0.25, -0.2) is 4.39 Å². The Morgan fingerprint density at radius 1 is 1.25 bits per heavy atom. The summed E-state index contributed by atoms with van der Waals surface area (Å²) in [6.45, 7) is 12.4. The van der Waals surface area contributed by atoms with Crippen LogP contribution in [0.15, 0.2) is 67.0 Å². The van der Waals surface area contributed by atoms with Crippen LogP contribution in [0.4, 0.5) is 4.39 Å². The van der Waals surface area contributed by atoms with E-state index in [4.69, 9.17) is 0 Å². The molecule has 1 aromatic rings. The Kier molecular flexibility index (Phi) is 4.91. The lowest BCUT2D eigenvalue weighted by atomic mass is 9.90. The first-order valence-corrected chi connectivity index (χ1v) is 7.04. The highest BCUT2D eigenvalue weighted by Crippen LogP contribution is 2.32. The van der Waals surface area contributed by atoms with Crippen LogP contribution < -0.4 is 0 Å².